The van der Waals surface area contributed by atoms with Crippen molar-refractivity contribution in [1.82, 2.24) is 29.8 Å². The molecule has 2 aromatic heterocycles. The van der Waals surface area contributed by atoms with E-state index in [1.165, 1.54) is 12.1 Å². The van der Waals surface area contributed by atoms with Gasteiger partial charge in [-0.1, -0.05) is 19.1 Å². The van der Waals surface area contributed by atoms with Crippen molar-refractivity contribution in [2.75, 3.05) is 17.6 Å². The van der Waals surface area contributed by atoms with Gasteiger partial charge in [-0.15, -0.1) is 0 Å². The molecule has 4 rings (SSSR count). The Morgan fingerprint density at radius 3 is 2.58 bits per heavy atom. The number of nitrogens with zero attached hydrogens (tertiary/aromatic N) is 5. The molecular formula is C21H21FN8O. The highest BCUT2D eigenvalue weighted by Gasteiger charge is 2.12. The third kappa shape index (κ3) is 4.98. The third-order valence-electron chi connectivity index (χ3n) is 4.65. The van der Waals surface area contributed by atoms with E-state index in [9.17, 15) is 9.18 Å². The summed E-state index contributed by atoms with van der Waals surface area (Å²) in [4.78, 5) is 34.4. The van der Waals surface area contributed by atoms with Crippen LogP contribution in [0.5, 0.6) is 0 Å². The van der Waals surface area contributed by atoms with Crippen molar-refractivity contribution >= 4 is 28.5 Å². The van der Waals surface area contributed by atoms with Gasteiger partial charge >= 0.3 is 0 Å². The second-order valence-electron chi connectivity index (χ2n) is 6.90. The predicted molar refractivity (Wildman–Crippen MR) is 116 cm³/mol. The van der Waals surface area contributed by atoms with E-state index in [0.29, 0.717) is 47.9 Å². The second kappa shape index (κ2) is 8.84. The van der Waals surface area contributed by atoms with E-state index < -0.39 is 0 Å². The minimum Gasteiger partial charge on any atom is -0.368 e. The summed E-state index contributed by atoms with van der Waals surface area (Å²) in [5.41, 5.74) is 6.95. The van der Waals surface area contributed by atoms with Gasteiger partial charge in [0.25, 0.3) is 5.56 Å². The number of hydrogen-bond donors (Lipinski definition) is 3. The summed E-state index contributed by atoms with van der Waals surface area (Å²) in [5, 5.41) is 3.55. The number of halogens is 1. The van der Waals surface area contributed by atoms with Crippen LogP contribution in [0.4, 0.5) is 22.0 Å². The zero-order chi connectivity index (χ0) is 21.8. The van der Waals surface area contributed by atoms with E-state index in [4.69, 9.17) is 5.73 Å². The number of nitrogen functional groups attached to an aromatic ring is 1. The first kappa shape index (κ1) is 20.4. The number of aromatic nitrogens is 5. The third-order valence-corrected chi connectivity index (χ3v) is 4.65. The Balaban J connectivity index is 1.52. The minimum atomic E-state index is -0.333. The molecule has 4 N–H and O–H groups in total. The standard InChI is InChI=1S/C21H21FN8O/c1-2-30(11-17-25-16-6-4-3-5-15(16)19(31)26-17)12-18-27-20(23)29-21(28-18)24-14-9-7-13(22)8-10-14/h3-10H,2,11-12H2,1H3,(H,25,26,31)(H3,23,24,27,28,29). The normalized spacial score (nSPS) is 11.2. The van der Waals surface area contributed by atoms with Gasteiger partial charge in [0.05, 0.1) is 24.0 Å². The SMILES string of the molecule is CCN(Cc1nc(N)nc(Nc2ccc(F)cc2)n1)Cc1nc2ccccc2c(=O)[nH]1. The highest BCUT2D eigenvalue weighted by atomic mass is 19.1. The van der Waals surface area contributed by atoms with Crippen molar-refractivity contribution in [1.29, 1.82) is 0 Å². The number of hydrogen-bond acceptors (Lipinski definition) is 8. The lowest BCUT2D eigenvalue weighted by atomic mass is 10.2. The lowest BCUT2D eigenvalue weighted by Crippen LogP contribution is -2.26. The van der Waals surface area contributed by atoms with Gasteiger partial charge < -0.3 is 16.0 Å². The van der Waals surface area contributed by atoms with Crippen molar-refractivity contribution in [3.63, 3.8) is 0 Å². The Bertz CT molecular complexity index is 1260. The molecule has 2 heterocycles. The van der Waals surface area contributed by atoms with Crippen LogP contribution in [0.25, 0.3) is 10.9 Å². The van der Waals surface area contributed by atoms with Crippen molar-refractivity contribution in [3.05, 3.63) is 76.4 Å². The smallest absolute Gasteiger partial charge is 0.258 e. The molecule has 9 nitrogen and oxygen atoms in total. The van der Waals surface area contributed by atoms with Crippen LogP contribution in [-0.2, 0) is 13.1 Å². The minimum absolute atomic E-state index is 0.0721. The molecule has 2 aromatic carbocycles. The fourth-order valence-electron chi connectivity index (χ4n) is 3.13. The van der Waals surface area contributed by atoms with Gasteiger partial charge in [-0.05, 0) is 42.9 Å². The maximum atomic E-state index is 13.1. The molecule has 0 atom stereocenters. The van der Waals surface area contributed by atoms with Gasteiger partial charge in [0.1, 0.15) is 17.5 Å². The summed E-state index contributed by atoms with van der Waals surface area (Å²) < 4.78 is 13.1. The number of para-hydroxylation sites is 1. The highest BCUT2D eigenvalue weighted by Crippen LogP contribution is 2.15. The lowest BCUT2D eigenvalue weighted by Gasteiger charge is -2.19. The van der Waals surface area contributed by atoms with Gasteiger partial charge in [-0.2, -0.15) is 15.0 Å². The molecule has 158 valence electrons. The summed E-state index contributed by atoms with van der Waals surface area (Å²) in [6, 6.07) is 13.0. The number of nitrogens with one attached hydrogen (secondary N) is 2. The van der Waals surface area contributed by atoms with Crippen molar-refractivity contribution in [3.8, 4) is 0 Å². The van der Waals surface area contributed by atoms with E-state index >= 15 is 0 Å². The summed E-state index contributed by atoms with van der Waals surface area (Å²) in [6.07, 6.45) is 0. The Kier molecular flexibility index (Phi) is 5.80. The molecule has 0 fully saturated rings. The molecule has 0 aliphatic carbocycles. The molecule has 0 aliphatic rings. The Morgan fingerprint density at radius 1 is 1.03 bits per heavy atom. The zero-order valence-electron chi connectivity index (χ0n) is 16.8. The quantitative estimate of drug-likeness (QED) is 0.417. The monoisotopic (exact) mass is 420 g/mol. The Labute approximate surface area is 177 Å². The van der Waals surface area contributed by atoms with Gasteiger partial charge in [0.2, 0.25) is 11.9 Å². The van der Waals surface area contributed by atoms with Crippen molar-refractivity contribution in [2.45, 2.75) is 20.0 Å². The number of H-pyrrole nitrogens is 1. The summed E-state index contributed by atoms with van der Waals surface area (Å²) in [7, 11) is 0. The first-order valence-corrected chi connectivity index (χ1v) is 9.73. The molecule has 4 aromatic rings. The van der Waals surface area contributed by atoms with Gasteiger partial charge in [-0.3, -0.25) is 9.69 Å². The second-order valence-corrected chi connectivity index (χ2v) is 6.90. The van der Waals surface area contributed by atoms with Crippen molar-refractivity contribution in [2.24, 2.45) is 0 Å². The molecule has 0 amide bonds. The zero-order valence-corrected chi connectivity index (χ0v) is 16.8. The van der Waals surface area contributed by atoms with Gasteiger partial charge in [0.15, 0.2) is 0 Å². The van der Waals surface area contributed by atoms with E-state index in [2.05, 4.69) is 30.2 Å². The molecule has 31 heavy (non-hydrogen) atoms. The summed E-state index contributed by atoms with van der Waals surface area (Å²) in [5.74, 6) is 1.02. The molecular weight excluding hydrogens is 399 g/mol. The number of aromatic amines is 1. The molecule has 0 bridgehead atoms. The number of rotatable bonds is 7. The predicted octanol–water partition coefficient (Wildman–Crippen LogP) is 2.60. The summed E-state index contributed by atoms with van der Waals surface area (Å²) >= 11 is 0. The molecule has 0 radical (unpaired) electrons. The number of anilines is 3. The summed E-state index contributed by atoms with van der Waals surface area (Å²) in [6.45, 7) is 3.44. The maximum Gasteiger partial charge on any atom is 0.258 e. The topological polar surface area (TPSA) is 126 Å². The van der Waals surface area contributed by atoms with Crippen LogP contribution < -0.4 is 16.6 Å². The molecule has 0 spiro atoms. The Morgan fingerprint density at radius 2 is 1.81 bits per heavy atom. The van der Waals surface area contributed by atoms with Crippen molar-refractivity contribution < 1.29 is 4.39 Å². The maximum absolute atomic E-state index is 13.1. The van der Waals surface area contributed by atoms with Crippen LogP contribution in [0.2, 0.25) is 0 Å². The molecule has 0 aliphatic heterocycles. The van der Waals surface area contributed by atoms with Gasteiger partial charge in [0, 0.05) is 5.69 Å². The fourth-order valence-corrected chi connectivity index (χ4v) is 3.13. The van der Waals surface area contributed by atoms with Crippen LogP contribution in [0.15, 0.2) is 53.3 Å². The number of fused-ring (bicyclic) bond motifs is 1. The molecule has 0 saturated heterocycles. The van der Waals surface area contributed by atoms with E-state index in [0.717, 1.165) is 0 Å². The first-order chi connectivity index (χ1) is 15.0. The largest absolute Gasteiger partial charge is 0.368 e. The van der Waals surface area contributed by atoms with E-state index in [-0.39, 0.29) is 23.3 Å². The average Bonchev–Trinajstić information content (AvgIpc) is 2.74. The van der Waals surface area contributed by atoms with Crippen LogP contribution in [0, 0.1) is 5.82 Å². The van der Waals surface area contributed by atoms with Crippen LogP contribution in [-0.4, -0.2) is 36.4 Å². The average molecular weight is 420 g/mol. The first-order valence-electron chi connectivity index (χ1n) is 9.73. The highest BCUT2D eigenvalue weighted by molar-refractivity contribution is 5.77. The molecule has 10 heteroatoms. The fraction of sp³-hybridized carbons (Fsp3) is 0.190. The number of benzene rings is 2. The van der Waals surface area contributed by atoms with Crippen LogP contribution in [0.1, 0.15) is 18.6 Å². The van der Waals surface area contributed by atoms with Crippen LogP contribution >= 0.6 is 0 Å². The van der Waals surface area contributed by atoms with Gasteiger partial charge in [-0.25, -0.2) is 9.37 Å². The van der Waals surface area contributed by atoms with E-state index in [1.807, 2.05) is 24.0 Å². The Hall–Kier alpha value is -3.92. The molecule has 0 unspecified atom stereocenters. The molecule has 0 saturated carbocycles. The lowest BCUT2D eigenvalue weighted by molar-refractivity contribution is 0.258. The van der Waals surface area contributed by atoms with Crippen LogP contribution in [0.3, 0.4) is 0 Å². The number of nitrogens with two attached hydrogens (primary N) is 1. The van der Waals surface area contributed by atoms with E-state index in [1.54, 1.807) is 24.3 Å².